The number of ketones is 1. The highest BCUT2D eigenvalue weighted by Gasteiger charge is 2.09. The van der Waals surface area contributed by atoms with Gasteiger partial charge in [0.05, 0.1) is 0 Å². The van der Waals surface area contributed by atoms with Gasteiger partial charge in [-0.15, -0.1) is 0 Å². The third-order valence-electron chi connectivity index (χ3n) is 3.74. The van der Waals surface area contributed by atoms with Gasteiger partial charge in [-0.25, -0.2) is 4.79 Å². The Hall–Kier alpha value is -2.62. The molecular weight excluding hydrogens is 288 g/mol. The van der Waals surface area contributed by atoms with E-state index in [2.05, 4.69) is 24.4 Å². The van der Waals surface area contributed by atoms with Gasteiger partial charge in [-0.1, -0.05) is 31.2 Å². The highest BCUT2D eigenvalue weighted by atomic mass is 16.2. The number of anilines is 1. The molecule has 4 heteroatoms. The Morgan fingerprint density at radius 2 is 1.52 bits per heavy atom. The fourth-order valence-corrected chi connectivity index (χ4v) is 2.23. The Morgan fingerprint density at radius 3 is 2.04 bits per heavy atom. The van der Waals surface area contributed by atoms with Crippen molar-refractivity contribution in [2.24, 2.45) is 0 Å². The summed E-state index contributed by atoms with van der Waals surface area (Å²) in [5.41, 5.74) is 3.68. The van der Waals surface area contributed by atoms with Gasteiger partial charge >= 0.3 is 6.03 Å². The molecule has 0 unspecified atom stereocenters. The minimum Gasteiger partial charge on any atom is -0.323 e. The lowest BCUT2D eigenvalue weighted by atomic mass is 10.1. The Balaban J connectivity index is 1.94. The molecule has 2 aromatic carbocycles. The summed E-state index contributed by atoms with van der Waals surface area (Å²) < 4.78 is 0. The minimum atomic E-state index is -0.180. The molecule has 0 aliphatic carbocycles. The van der Waals surface area contributed by atoms with Crippen molar-refractivity contribution in [3.63, 3.8) is 0 Å². The number of carbonyl (C=O) groups excluding carboxylic acids is 2. The first-order valence-corrected chi connectivity index (χ1v) is 7.70. The third kappa shape index (κ3) is 4.68. The van der Waals surface area contributed by atoms with Crippen LogP contribution in [0, 0.1) is 0 Å². The van der Waals surface area contributed by atoms with Gasteiger partial charge in [-0.2, -0.15) is 0 Å². The first-order valence-electron chi connectivity index (χ1n) is 7.70. The van der Waals surface area contributed by atoms with Crippen LogP contribution >= 0.6 is 0 Å². The van der Waals surface area contributed by atoms with Crippen LogP contribution in [0.25, 0.3) is 0 Å². The van der Waals surface area contributed by atoms with E-state index in [1.165, 1.54) is 12.5 Å². The number of aryl methyl sites for hydroxylation is 1. The molecule has 0 aromatic heterocycles. The van der Waals surface area contributed by atoms with E-state index in [1.54, 1.807) is 36.2 Å². The summed E-state index contributed by atoms with van der Waals surface area (Å²) in [4.78, 5) is 25.1. The number of urea groups is 1. The Bertz CT molecular complexity index is 676. The lowest BCUT2D eigenvalue weighted by molar-refractivity contribution is 0.101. The van der Waals surface area contributed by atoms with Crippen LogP contribution in [0.3, 0.4) is 0 Å². The molecule has 120 valence electrons. The molecule has 2 aromatic rings. The third-order valence-corrected chi connectivity index (χ3v) is 3.74. The molecule has 0 bridgehead atoms. The summed E-state index contributed by atoms with van der Waals surface area (Å²) >= 11 is 0. The average molecular weight is 310 g/mol. The summed E-state index contributed by atoms with van der Waals surface area (Å²) in [5, 5.41) is 2.83. The van der Waals surface area contributed by atoms with Gasteiger partial charge in [0.1, 0.15) is 0 Å². The Labute approximate surface area is 137 Å². The van der Waals surface area contributed by atoms with Gasteiger partial charge in [-0.3, -0.25) is 4.79 Å². The van der Waals surface area contributed by atoms with E-state index >= 15 is 0 Å². The van der Waals surface area contributed by atoms with E-state index in [1.807, 2.05) is 12.1 Å². The second-order valence-electron chi connectivity index (χ2n) is 5.59. The van der Waals surface area contributed by atoms with E-state index in [0.717, 1.165) is 12.0 Å². The largest absolute Gasteiger partial charge is 0.323 e. The number of amides is 2. The van der Waals surface area contributed by atoms with Crippen molar-refractivity contribution in [3.8, 4) is 0 Å². The molecule has 0 saturated carbocycles. The second kappa shape index (κ2) is 7.58. The Kier molecular flexibility index (Phi) is 5.52. The predicted octanol–water partition coefficient (Wildman–Crippen LogP) is 4.12. The molecule has 1 N–H and O–H groups in total. The number of hydrogen-bond acceptors (Lipinski definition) is 2. The Morgan fingerprint density at radius 1 is 0.957 bits per heavy atom. The fourth-order valence-electron chi connectivity index (χ4n) is 2.23. The number of carbonyl (C=O) groups is 2. The first-order chi connectivity index (χ1) is 11.0. The smallest absolute Gasteiger partial charge is 0.321 e. The van der Waals surface area contributed by atoms with Crippen LogP contribution in [-0.2, 0) is 13.0 Å². The molecule has 0 saturated heterocycles. The average Bonchev–Trinajstić information content (AvgIpc) is 2.56. The minimum absolute atomic E-state index is 0.00974. The van der Waals surface area contributed by atoms with Gasteiger partial charge in [0.15, 0.2) is 5.78 Å². The maximum absolute atomic E-state index is 12.2. The second-order valence-corrected chi connectivity index (χ2v) is 5.59. The number of hydrogen-bond donors (Lipinski definition) is 1. The van der Waals surface area contributed by atoms with Crippen LogP contribution in [0.5, 0.6) is 0 Å². The van der Waals surface area contributed by atoms with Gasteiger partial charge in [0, 0.05) is 24.8 Å². The van der Waals surface area contributed by atoms with E-state index in [4.69, 9.17) is 0 Å². The van der Waals surface area contributed by atoms with E-state index < -0.39 is 0 Å². The molecule has 0 atom stereocenters. The monoisotopic (exact) mass is 310 g/mol. The summed E-state index contributed by atoms with van der Waals surface area (Å²) in [6.07, 6.45) is 1.01. The van der Waals surface area contributed by atoms with E-state index in [9.17, 15) is 9.59 Å². The summed E-state index contributed by atoms with van der Waals surface area (Å²) in [7, 11) is 1.76. The maximum Gasteiger partial charge on any atom is 0.321 e. The molecule has 0 spiro atoms. The summed E-state index contributed by atoms with van der Waals surface area (Å²) in [6, 6.07) is 15.0. The van der Waals surface area contributed by atoms with Crippen LogP contribution in [0.2, 0.25) is 0 Å². The predicted molar refractivity (Wildman–Crippen MR) is 92.8 cm³/mol. The molecule has 0 radical (unpaired) electrons. The van der Waals surface area contributed by atoms with Crippen LogP contribution in [0.1, 0.15) is 35.3 Å². The summed E-state index contributed by atoms with van der Waals surface area (Å²) in [6.45, 7) is 4.18. The quantitative estimate of drug-likeness (QED) is 0.845. The first kappa shape index (κ1) is 16.7. The van der Waals surface area contributed by atoms with Crippen molar-refractivity contribution in [2.75, 3.05) is 12.4 Å². The zero-order valence-electron chi connectivity index (χ0n) is 13.8. The standard InChI is InChI=1S/C19H22N2O2/c1-4-15-5-7-16(8-6-15)13-21(3)19(23)20-18-11-9-17(10-12-18)14(2)22/h5-12H,4,13H2,1-3H3,(H,20,23). The summed E-state index contributed by atoms with van der Waals surface area (Å²) in [5.74, 6) is 0.00974. The highest BCUT2D eigenvalue weighted by molar-refractivity contribution is 5.95. The molecule has 4 nitrogen and oxygen atoms in total. The zero-order valence-corrected chi connectivity index (χ0v) is 13.8. The van der Waals surface area contributed by atoms with Gasteiger partial charge in [0.25, 0.3) is 0 Å². The van der Waals surface area contributed by atoms with Crippen LogP contribution < -0.4 is 5.32 Å². The van der Waals surface area contributed by atoms with Crippen LogP contribution in [0.4, 0.5) is 10.5 Å². The number of Topliss-reactive ketones (excluding diaryl/α,β-unsaturated/α-hetero) is 1. The lowest BCUT2D eigenvalue weighted by Crippen LogP contribution is -2.30. The molecular formula is C19H22N2O2. The molecule has 0 aliphatic heterocycles. The van der Waals surface area contributed by atoms with Crippen molar-refractivity contribution in [3.05, 3.63) is 65.2 Å². The van der Waals surface area contributed by atoms with Gasteiger partial charge in [0.2, 0.25) is 0 Å². The van der Waals surface area contributed by atoms with Gasteiger partial charge in [-0.05, 0) is 48.7 Å². The van der Waals surface area contributed by atoms with Gasteiger partial charge < -0.3 is 10.2 Å². The highest BCUT2D eigenvalue weighted by Crippen LogP contribution is 2.12. The van der Waals surface area contributed by atoms with Crippen molar-refractivity contribution in [1.29, 1.82) is 0 Å². The van der Waals surface area contributed by atoms with Crippen molar-refractivity contribution < 1.29 is 9.59 Å². The number of nitrogens with one attached hydrogen (secondary N) is 1. The molecule has 23 heavy (non-hydrogen) atoms. The SMILES string of the molecule is CCc1ccc(CN(C)C(=O)Nc2ccc(C(C)=O)cc2)cc1. The van der Waals surface area contributed by atoms with E-state index in [-0.39, 0.29) is 11.8 Å². The number of benzene rings is 2. The fraction of sp³-hybridized carbons (Fsp3) is 0.263. The van der Waals surface area contributed by atoms with E-state index in [0.29, 0.717) is 17.8 Å². The lowest BCUT2D eigenvalue weighted by Gasteiger charge is -2.18. The zero-order chi connectivity index (χ0) is 16.8. The topological polar surface area (TPSA) is 49.4 Å². The molecule has 2 rings (SSSR count). The van der Waals surface area contributed by atoms with Crippen LogP contribution in [-0.4, -0.2) is 23.8 Å². The maximum atomic E-state index is 12.2. The number of nitrogens with zero attached hydrogens (tertiary/aromatic N) is 1. The molecule has 0 heterocycles. The number of rotatable bonds is 5. The normalized spacial score (nSPS) is 10.2. The van der Waals surface area contributed by atoms with Crippen molar-refractivity contribution in [2.45, 2.75) is 26.8 Å². The van der Waals surface area contributed by atoms with Crippen molar-refractivity contribution >= 4 is 17.5 Å². The molecule has 0 aliphatic rings. The van der Waals surface area contributed by atoms with Crippen LogP contribution in [0.15, 0.2) is 48.5 Å². The van der Waals surface area contributed by atoms with Crippen molar-refractivity contribution in [1.82, 2.24) is 4.90 Å². The molecule has 2 amide bonds. The molecule has 0 fully saturated rings.